The molecular weight excluding hydrogens is 450 g/mol. The molecule has 37 heavy (non-hydrogen) atoms. The lowest BCUT2D eigenvalue weighted by atomic mass is 10.1. The molecule has 0 bridgehead atoms. The highest BCUT2D eigenvalue weighted by Crippen LogP contribution is 2.25. The summed E-state index contributed by atoms with van der Waals surface area (Å²) in [5.41, 5.74) is 4.35. The number of hydrogen-bond acceptors (Lipinski definition) is 2. The molecule has 5 aromatic rings. The Hall–Kier alpha value is -3.98. The summed E-state index contributed by atoms with van der Waals surface area (Å²) in [4.78, 5) is 8.68. The number of aromatic nitrogens is 3. The van der Waals surface area contributed by atoms with E-state index in [2.05, 4.69) is 103 Å². The standard InChI is InChI=1S/C19H14N2.C9H11N.C4H10.C2H6/c1-2-8-18(9-3-1)21-13-12-20-19(21)17-11-10-15-6-4-5-7-16(15)14-17;1-3-8(2)9-6-4-5-7-10-9;1-4(2)3;1-2/h1-14H;4-7H,2-3H2,1H3;4H,1-3H3;1-2H3. The quantitative estimate of drug-likeness (QED) is 0.250. The SMILES string of the molecule is C=C(CC)c1ccccn1.CC.CC(C)C.c1ccc(-n2ccnc2-c2ccc3ccccc3c2)cc1. The molecule has 0 aliphatic heterocycles. The zero-order chi connectivity index (χ0) is 27.0. The maximum absolute atomic E-state index is 4.53. The van der Waals surface area contributed by atoms with E-state index in [4.69, 9.17) is 0 Å². The molecule has 0 saturated carbocycles. The van der Waals surface area contributed by atoms with Crippen molar-refractivity contribution >= 4 is 16.3 Å². The average Bonchev–Trinajstić information content (AvgIpc) is 3.45. The maximum Gasteiger partial charge on any atom is 0.144 e. The first-order valence-corrected chi connectivity index (χ1v) is 13.2. The topological polar surface area (TPSA) is 30.7 Å². The third-order valence-electron chi connectivity index (χ3n) is 5.14. The van der Waals surface area contributed by atoms with Gasteiger partial charge in [0.25, 0.3) is 0 Å². The Morgan fingerprint density at radius 1 is 0.757 bits per heavy atom. The normalized spacial score (nSPS) is 9.81. The van der Waals surface area contributed by atoms with Crippen molar-refractivity contribution in [1.82, 2.24) is 14.5 Å². The van der Waals surface area contributed by atoms with E-state index < -0.39 is 0 Å². The first kappa shape index (κ1) is 29.3. The van der Waals surface area contributed by atoms with Gasteiger partial charge in [-0.1, -0.05) is 109 Å². The van der Waals surface area contributed by atoms with E-state index in [9.17, 15) is 0 Å². The van der Waals surface area contributed by atoms with Gasteiger partial charge in [0.15, 0.2) is 0 Å². The highest BCUT2D eigenvalue weighted by Gasteiger charge is 2.08. The molecule has 0 aliphatic carbocycles. The zero-order valence-electron chi connectivity index (χ0n) is 23.2. The Kier molecular flexibility index (Phi) is 12.6. The minimum Gasteiger partial charge on any atom is -0.300 e. The Labute approximate surface area is 223 Å². The summed E-state index contributed by atoms with van der Waals surface area (Å²) < 4.78 is 2.12. The van der Waals surface area contributed by atoms with E-state index >= 15 is 0 Å². The van der Waals surface area contributed by atoms with Gasteiger partial charge in [0.1, 0.15) is 5.82 Å². The number of pyridine rings is 1. The van der Waals surface area contributed by atoms with Gasteiger partial charge in [-0.2, -0.15) is 0 Å². The summed E-state index contributed by atoms with van der Waals surface area (Å²) in [6.45, 7) is 16.5. The van der Waals surface area contributed by atoms with Crippen LogP contribution in [-0.4, -0.2) is 14.5 Å². The Morgan fingerprint density at radius 2 is 1.38 bits per heavy atom. The molecule has 3 nitrogen and oxygen atoms in total. The third-order valence-corrected chi connectivity index (χ3v) is 5.14. The second-order valence-electron chi connectivity index (χ2n) is 8.92. The van der Waals surface area contributed by atoms with Gasteiger partial charge in [-0.05, 0) is 59.0 Å². The van der Waals surface area contributed by atoms with Crippen molar-refractivity contribution in [3.8, 4) is 17.1 Å². The molecule has 3 heteroatoms. The highest BCUT2D eigenvalue weighted by atomic mass is 15.1. The molecule has 0 saturated heterocycles. The van der Waals surface area contributed by atoms with Crippen LogP contribution in [0.1, 0.15) is 53.7 Å². The molecule has 0 amide bonds. The van der Waals surface area contributed by atoms with Crippen LogP contribution in [0.15, 0.2) is 116 Å². The lowest BCUT2D eigenvalue weighted by Crippen LogP contribution is -1.95. The van der Waals surface area contributed by atoms with Gasteiger partial charge >= 0.3 is 0 Å². The minimum absolute atomic E-state index is 0.833. The highest BCUT2D eigenvalue weighted by molar-refractivity contribution is 5.86. The van der Waals surface area contributed by atoms with Crippen molar-refractivity contribution in [2.75, 3.05) is 0 Å². The zero-order valence-corrected chi connectivity index (χ0v) is 23.2. The number of nitrogens with zero attached hydrogens (tertiary/aromatic N) is 3. The van der Waals surface area contributed by atoms with Crippen LogP contribution in [0.4, 0.5) is 0 Å². The third kappa shape index (κ3) is 9.20. The van der Waals surface area contributed by atoms with Crippen LogP contribution in [0.5, 0.6) is 0 Å². The molecule has 0 radical (unpaired) electrons. The summed E-state index contributed by atoms with van der Waals surface area (Å²) >= 11 is 0. The molecule has 5 rings (SSSR count). The Bertz CT molecular complexity index is 1320. The fourth-order valence-electron chi connectivity index (χ4n) is 3.40. The van der Waals surface area contributed by atoms with Crippen LogP contribution in [0.3, 0.4) is 0 Å². The predicted octanol–water partition coefficient (Wildman–Crippen LogP) is 9.89. The average molecular weight is 492 g/mol. The molecule has 2 heterocycles. The van der Waals surface area contributed by atoms with E-state index in [1.807, 2.05) is 62.6 Å². The lowest BCUT2D eigenvalue weighted by Gasteiger charge is -2.08. The van der Waals surface area contributed by atoms with Gasteiger partial charge < -0.3 is 0 Å². The molecule has 0 fully saturated rings. The summed E-state index contributed by atoms with van der Waals surface area (Å²) in [6.07, 6.45) is 6.60. The summed E-state index contributed by atoms with van der Waals surface area (Å²) in [5, 5.41) is 2.48. The molecule has 0 spiro atoms. The number of para-hydroxylation sites is 1. The van der Waals surface area contributed by atoms with E-state index in [-0.39, 0.29) is 0 Å². The van der Waals surface area contributed by atoms with Gasteiger partial charge in [0.2, 0.25) is 0 Å². The molecular formula is C34H41N3. The summed E-state index contributed by atoms with van der Waals surface area (Å²) in [6, 6.07) is 31.0. The number of benzene rings is 3. The van der Waals surface area contributed by atoms with E-state index in [1.165, 1.54) is 10.8 Å². The van der Waals surface area contributed by atoms with Crippen molar-refractivity contribution in [3.05, 3.63) is 122 Å². The first-order valence-electron chi connectivity index (χ1n) is 13.2. The van der Waals surface area contributed by atoms with Crippen molar-refractivity contribution in [2.24, 2.45) is 5.92 Å². The van der Waals surface area contributed by atoms with Crippen molar-refractivity contribution in [3.63, 3.8) is 0 Å². The van der Waals surface area contributed by atoms with Gasteiger partial charge in [0, 0.05) is 29.8 Å². The molecule has 192 valence electrons. The Balaban J connectivity index is 0.000000252. The number of fused-ring (bicyclic) bond motifs is 1. The number of allylic oxidation sites excluding steroid dienone is 1. The molecule has 3 aromatic carbocycles. The number of hydrogen-bond donors (Lipinski definition) is 0. The van der Waals surface area contributed by atoms with Crippen LogP contribution in [0, 0.1) is 5.92 Å². The van der Waals surface area contributed by atoms with Crippen LogP contribution in [0.2, 0.25) is 0 Å². The molecule has 0 atom stereocenters. The summed E-state index contributed by atoms with van der Waals surface area (Å²) in [7, 11) is 0. The van der Waals surface area contributed by atoms with Crippen LogP contribution >= 0.6 is 0 Å². The minimum atomic E-state index is 0.833. The first-order chi connectivity index (χ1) is 18.0. The van der Waals surface area contributed by atoms with Crippen molar-refractivity contribution in [1.29, 1.82) is 0 Å². The number of imidazole rings is 1. The second kappa shape index (κ2) is 15.9. The maximum atomic E-state index is 4.53. The van der Waals surface area contributed by atoms with Gasteiger partial charge in [-0.25, -0.2) is 4.98 Å². The number of rotatable bonds is 4. The monoisotopic (exact) mass is 491 g/mol. The van der Waals surface area contributed by atoms with Crippen LogP contribution in [-0.2, 0) is 0 Å². The van der Waals surface area contributed by atoms with Crippen LogP contribution in [0.25, 0.3) is 33.4 Å². The second-order valence-corrected chi connectivity index (χ2v) is 8.92. The van der Waals surface area contributed by atoms with Crippen molar-refractivity contribution < 1.29 is 0 Å². The van der Waals surface area contributed by atoms with Crippen molar-refractivity contribution in [2.45, 2.75) is 48.0 Å². The van der Waals surface area contributed by atoms with E-state index in [1.54, 1.807) is 6.20 Å². The van der Waals surface area contributed by atoms with E-state index in [0.717, 1.165) is 40.7 Å². The van der Waals surface area contributed by atoms with Gasteiger partial charge in [-0.15, -0.1) is 0 Å². The largest absolute Gasteiger partial charge is 0.300 e. The Morgan fingerprint density at radius 3 is 2.00 bits per heavy atom. The van der Waals surface area contributed by atoms with Gasteiger partial charge in [-0.3, -0.25) is 9.55 Å². The lowest BCUT2D eigenvalue weighted by molar-refractivity contribution is 0.737. The predicted molar refractivity (Wildman–Crippen MR) is 162 cm³/mol. The smallest absolute Gasteiger partial charge is 0.144 e. The fraction of sp³-hybridized carbons (Fsp3) is 0.235. The summed E-state index contributed by atoms with van der Waals surface area (Å²) in [5.74, 6) is 1.80. The van der Waals surface area contributed by atoms with Crippen LogP contribution < -0.4 is 0 Å². The van der Waals surface area contributed by atoms with Gasteiger partial charge in [0.05, 0.1) is 5.69 Å². The molecule has 0 aliphatic rings. The fourth-order valence-corrected chi connectivity index (χ4v) is 3.40. The molecule has 0 unspecified atom stereocenters. The van der Waals surface area contributed by atoms with E-state index in [0.29, 0.717) is 0 Å². The molecule has 2 aromatic heterocycles. The molecule has 0 N–H and O–H groups in total.